The molecule has 22 heavy (non-hydrogen) atoms. The number of rotatable bonds is 7. The van der Waals surface area contributed by atoms with Crippen LogP contribution in [0.3, 0.4) is 0 Å². The first kappa shape index (κ1) is 18.7. The van der Waals surface area contributed by atoms with Crippen molar-refractivity contribution in [2.24, 2.45) is 0 Å². The van der Waals surface area contributed by atoms with Crippen molar-refractivity contribution < 1.29 is 31.4 Å². The minimum atomic E-state index is -5.62. The maximum atomic E-state index is 13.4. The molecule has 2 nitrogen and oxygen atoms in total. The van der Waals surface area contributed by atoms with E-state index in [9.17, 15) is 22.0 Å². The molecule has 0 N–H and O–H groups in total. The van der Waals surface area contributed by atoms with Crippen molar-refractivity contribution in [1.29, 1.82) is 0 Å². The van der Waals surface area contributed by atoms with Crippen LogP contribution in [-0.4, -0.2) is 25.8 Å². The molecule has 0 aliphatic rings. The van der Waals surface area contributed by atoms with Gasteiger partial charge in [-0.2, -0.15) is 22.0 Å². The Morgan fingerprint density at radius 3 is 2.23 bits per heavy atom. The fourth-order valence-electron chi connectivity index (χ4n) is 1.95. The number of ether oxygens (including phenoxy) is 2. The van der Waals surface area contributed by atoms with E-state index in [2.05, 4.69) is 0 Å². The van der Waals surface area contributed by atoms with Gasteiger partial charge in [0.05, 0.1) is 18.6 Å². The van der Waals surface area contributed by atoms with Crippen molar-refractivity contribution in [2.45, 2.75) is 44.4 Å². The minimum absolute atomic E-state index is 0.201. The number of hydrogen-bond donors (Lipinski definition) is 0. The van der Waals surface area contributed by atoms with E-state index in [0.29, 0.717) is 12.4 Å². The summed E-state index contributed by atoms with van der Waals surface area (Å²) in [6.45, 7) is 3.52. The molecule has 126 valence electrons. The van der Waals surface area contributed by atoms with Crippen LogP contribution in [0.25, 0.3) is 0 Å². The highest BCUT2D eigenvalue weighted by molar-refractivity contribution is 5.32. The van der Waals surface area contributed by atoms with E-state index in [1.54, 1.807) is 6.07 Å². The molecule has 1 unspecified atom stereocenters. The summed E-state index contributed by atoms with van der Waals surface area (Å²) in [5, 5.41) is 0. The highest BCUT2D eigenvalue weighted by atomic mass is 19.4. The van der Waals surface area contributed by atoms with Crippen molar-refractivity contribution in [2.75, 3.05) is 13.7 Å². The molecule has 7 heteroatoms. The second kappa shape index (κ2) is 6.81. The number of benzene rings is 1. The van der Waals surface area contributed by atoms with Gasteiger partial charge in [0.2, 0.25) is 0 Å². The van der Waals surface area contributed by atoms with Crippen LogP contribution in [0.15, 0.2) is 24.3 Å². The van der Waals surface area contributed by atoms with E-state index >= 15 is 0 Å². The van der Waals surface area contributed by atoms with Crippen LogP contribution in [0.4, 0.5) is 22.0 Å². The Balaban J connectivity index is 3.08. The zero-order chi connectivity index (χ0) is 17.0. The van der Waals surface area contributed by atoms with Crippen LogP contribution < -0.4 is 4.74 Å². The molecule has 0 aromatic heterocycles. The summed E-state index contributed by atoms with van der Waals surface area (Å²) in [7, 11) is 1.10. The van der Waals surface area contributed by atoms with Gasteiger partial charge in [-0.05, 0) is 31.0 Å². The molecular weight excluding hydrogens is 307 g/mol. The van der Waals surface area contributed by atoms with Gasteiger partial charge in [-0.1, -0.05) is 19.1 Å². The maximum Gasteiger partial charge on any atom is 0.453 e. The SMILES string of the molecule is CCCOc1cccc(C(C)(CC(F)(F)C(F)(F)F)OC)c1. The zero-order valence-corrected chi connectivity index (χ0v) is 12.6. The fraction of sp³-hybridized carbons (Fsp3) is 0.600. The predicted octanol–water partition coefficient (Wildman–Crippen LogP) is 4.92. The van der Waals surface area contributed by atoms with E-state index < -0.39 is 24.1 Å². The van der Waals surface area contributed by atoms with Crippen molar-refractivity contribution in [3.63, 3.8) is 0 Å². The van der Waals surface area contributed by atoms with Gasteiger partial charge in [0.1, 0.15) is 5.75 Å². The Morgan fingerprint density at radius 1 is 1.09 bits per heavy atom. The fourth-order valence-corrected chi connectivity index (χ4v) is 1.95. The average molecular weight is 326 g/mol. The minimum Gasteiger partial charge on any atom is -0.494 e. The van der Waals surface area contributed by atoms with Gasteiger partial charge >= 0.3 is 12.1 Å². The summed E-state index contributed by atoms with van der Waals surface area (Å²) in [6.07, 6.45) is -6.38. The van der Waals surface area contributed by atoms with Gasteiger partial charge in [-0.25, -0.2) is 0 Å². The van der Waals surface area contributed by atoms with Crippen LogP contribution in [-0.2, 0) is 10.3 Å². The Bertz CT molecular complexity index is 487. The lowest BCUT2D eigenvalue weighted by Crippen LogP contribution is -2.43. The average Bonchev–Trinajstić information content (AvgIpc) is 2.43. The van der Waals surface area contributed by atoms with Crippen LogP contribution >= 0.6 is 0 Å². The van der Waals surface area contributed by atoms with Crippen LogP contribution in [0.2, 0.25) is 0 Å². The largest absolute Gasteiger partial charge is 0.494 e. The van der Waals surface area contributed by atoms with E-state index in [-0.39, 0.29) is 5.56 Å². The topological polar surface area (TPSA) is 18.5 Å². The summed E-state index contributed by atoms with van der Waals surface area (Å²) < 4.78 is 74.4. The van der Waals surface area contributed by atoms with E-state index in [0.717, 1.165) is 13.5 Å². The standard InChI is InChI=1S/C15H19F5O2/c1-4-8-22-12-7-5-6-11(9-12)13(2,21-3)10-14(16,17)15(18,19)20/h5-7,9H,4,8,10H2,1-3H3. The molecule has 0 radical (unpaired) electrons. The Labute approximate surface area is 126 Å². The molecule has 0 bridgehead atoms. The second-order valence-electron chi connectivity index (χ2n) is 5.19. The van der Waals surface area contributed by atoms with Gasteiger partial charge in [0.15, 0.2) is 0 Å². The monoisotopic (exact) mass is 326 g/mol. The normalized spacial score (nSPS) is 15.5. The van der Waals surface area contributed by atoms with E-state index in [1.807, 2.05) is 6.92 Å². The summed E-state index contributed by atoms with van der Waals surface area (Å²) in [5.41, 5.74) is -1.59. The molecule has 0 aliphatic heterocycles. The maximum absolute atomic E-state index is 13.4. The third kappa shape index (κ3) is 4.32. The van der Waals surface area contributed by atoms with E-state index in [1.165, 1.54) is 25.1 Å². The first-order chi connectivity index (χ1) is 10.1. The van der Waals surface area contributed by atoms with Gasteiger partial charge < -0.3 is 9.47 Å². The second-order valence-corrected chi connectivity index (χ2v) is 5.19. The highest BCUT2D eigenvalue weighted by Crippen LogP contribution is 2.45. The van der Waals surface area contributed by atoms with Gasteiger partial charge in [0, 0.05) is 7.11 Å². The highest BCUT2D eigenvalue weighted by Gasteiger charge is 2.60. The van der Waals surface area contributed by atoms with Crippen LogP contribution in [0.1, 0.15) is 32.3 Å². The lowest BCUT2D eigenvalue weighted by atomic mass is 9.89. The molecule has 1 atom stereocenters. The van der Waals surface area contributed by atoms with Crippen molar-refractivity contribution >= 4 is 0 Å². The molecule has 1 aromatic rings. The third-order valence-electron chi connectivity index (χ3n) is 3.34. The van der Waals surface area contributed by atoms with E-state index in [4.69, 9.17) is 9.47 Å². The van der Waals surface area contributed by atoms with Gasteiger partial charge in [-0.3, -0.25) is 0 Å². The zero-order valence-electron chi connectivity index (χ0n) is 12.6. The molecule has 1 aromatic carbocycles. The summed E-state index contributed by atoms with van der Waals surface area (Å²) >= 11 is 0. The first-order valence-corrected chi connectivity index (χ1v) is 6.79. The number of alkyl halides is 5. The quantitative estimate of drug-likeness (QED) is 0.662. The van der Waals surface area contributed by atoms with Crippen molar-refractivity contribution in [3.05, 3.63) is 29.8 Å². The predicted molar refractivity (Wildman–Crippen MR) is 72.2 cm³/mol. The molecule has 0 heterocycles. The molecule has 0 amide bonds. The van der Waals surface area contributed by atoms with Gasteiger partial charge in [0.25, 0.3) is 0 Å². The Morgan fingerprint density at radius 2 is 1.73 bits per heavy atom. The summed E-state index contributed by atoms with van der Waals surface area (Å²) in [4.78, 5) is 0. The van der Waals surface area contributed by atoms with Crippen LogP contribution in [0.5, 0.6) is 5.75 Å². The molecule has 0 aliphatic carbocycles. The smallest absolute Gasteiger partial charge is 0.453 e. The summed E-state index contributed by atoms with van der Waals surface area (Å²) in [5.74, 6) is -4.45. The van der Waals surface area contributed by atoms with Crippen molar-refractivity contribution in [1.82, 2.24) is 0 Å². The molecular formula is C15H19F5O2. The Kier molecular flexibility index (Phi) is 5.78. The number of methoxy groups -OCH3 is 1. The first-order valence-electron chi connectivity index (χ1n) is 6.79. The molecule has 0 saturated heterocycles. The number of halogens is 5. The van der Waals surface area contributed by atoms with Crippen LogP contribution in [0, 0.1) is 0 Å². The van der Waals surface area contributed by atoms with Crippen molar-refractivity contribution in [3.8, 4) is 5.75 Å². The number of hydrogen-bond acceptors (Lipinski definition) is 2. The third-order valence-corrected chi connectivity index (χ3v) is 3.34. The molecule has 0 spiro atoms. The summed E-state index contributed by atoms with van der Waals surface area (Å²) in [6, 6.07) is 6.00. The molecule has 0 saturated carbocycles. The lowest BCUT2D eigenvalue weighted by Gasteiger charge is -2.33. The molecule has 0 fully saturated rings. The Hall–Kier alpha value is -1.37. The lowest BCUT2D eigenvalue weighted by molar-refractivity contribution is -0.298. The molecule has 1 rings (SSSR count). The van der Waals surface area contributed by atoms with Gasteiger partial charge in [-0.15, -0.1) is 0 Å².